The molecule has 1 fully saturated rings. The van der Waals surface area contributed by atoms with Crippen LogP contribution in [0, 0.1) is 23.2 Å². The lowest BCUT2D eigenvalue weighted by atomic mass is 9.80. The van der Waals surface area contributed by atoms with Gasteiger partial charge in [0, 0.05) is 6.42 Å². The summed E-state index contributed by atoms with van der Waals surface area (Å²) in [6, 6.07) is 0. The number of hydrogen-bond acceptors (Lipinski definition) is 1. The van der Waals surface area contributed by atoms with Crippen molar-refractivity contribution in [3.8, 4) is 11.8 Å². The Morgan fingerprint density at radius 2 is 2.33 bits per heavy atom. The van der Waals surface area contributed by atoms with Gasteiger partial charge in [-0.2, -0.15) is 0 Å². The Balaban J connectivity index is 2.63. The first kappa shape index (κ1) is 12.1. The lowest BCUT2D eigenvalue weighted by molar-refractivity contribution is -0.149. The standard InChI is InChI=1S/C13H20O2/c1-3-5-6-8-13(12(14)15)9-7-11(4-2)10-13/h11H,4,6-10H2,1-2H3,(H,14,15). The van der Waals surface area contributed by atoms with Crippen LogP contribution in [-0.4, -0.2) is 11.1 Å². The van der Waals surface area contributed by atoms with Gasteiger partial charge in [-0.05, 0) is 38.5 Å². The molecule has 1 aliphatic rings. The highest BCUT2D eigenvalue weighted by molar-refractivity contribution is 5.75. The van der Waals surface area contributed by atoms with Gasteiger partial charge in [-0.25, -0.2) is 0 Å². The molecule has 15 heavy (non-hydrogen) atoms. The second kappa shape index (κ2) is 5.21. The van der Waals surface area contributed by atoms with Crippen LogP contribution in [0.25, 0.3) is 0 Å². The first-order valence-corrected chi connectivity index (χ1v) is 5.77. The minimum Gasteiger partial charge on any atom is -0.481 e. The zero-order valence-corrected chi connectivity index (χ0v) is 9.68. The molecule has 0 aromatic carbocycles. The van der Waals surface area contributed by atoms with E-state index in [1.165, 1.54) is 0 Å². The van der Waals surface area contributed by atoms with Crippen LogP contribution in [0.4, 0.5) is 0 Å². The van der Waals surface area contributed by atoms with Crippen molar-refractivity contribution in [2.45, 2.75) is 52.4 Å². The first-order valence-electron chi connectivity index (χ1n) is 5.77. The van der Waals surface area contributed by atoms with Crippen LogP contribution in [0.15, 0.2) is 0 Å². The third-order valence-electron chi connectivity index (χ3n) is 3.65. The lowest BCUT2D eigenvalue weighted by Gasteiger charge is -2.23. The first-order chi connectivity index (χ1) is 7.14. The van der Waals surface area contributed by atoms with E-state index in [0.29, 0.717) is 5.92 Å². The Morgan fingerprint density at radius 3 is 2.80 bits per heavy atom. The van der Waals surface area contributed by atoms with Gasteiger partial charge in [-0.1, -0.05) is 13.3 Å². The largest absolute Gasteiger partial charge is 0.481 e. The van der Waals surface area contributed by atoms with Crippen molar-refractivity contribution in [1.29, 1.82) is 0 Å². The van der Waals surface area contributed by atoms with E-state index in [9.17, 15) is 9.90 Å². The van der Waals surface area contributed by atoms with Gasteiger partial charge >= 0.3 is 5.97 Å². The summed E-state index contributed by atoms with van der Waals surface area (Å²) < 4.78 is 0. The highest BCUT2D eigenvalue weighted by atomic mass is 16.4. The Bertz CT molecular complexity index is 285. The van der Waals surface area contributed by atoms with E-state index in [0.717, 1.165) is 38.5 Å². The van der Waals surface area contributed by atoms with E-state index in [-0.39, 0.29) is 0 Å². The number of hydrogen-bond donors (Lipinski definition) is 1. The van der Waals surface area contributed by atoms with Crippen LogP contribution in [0.2, 0.25) is 0 Å². The summed E-state index contributed by atoms with van der Waals surface area (Å²) in [5, 5.41) is 9.33. The molecule has 2 unspecified atom stereocenters. The highest BCUT2D eigenvalue weighted by Crippen LogP contribution is 2.46. The fourth-order valence-corrected chi connectivity index (χ4v) is 2.54. The molecule has 1 rings (SSSR count). The van der Waals surface area contributed by atoms with Crippen molar-refractivity contribution < 1.29 is 9.90 Å². The summed E-state index contributed by atoms with van der Waals surface area (Å²) in [4.78, 5) is 11.3. The van der Waals surface area contributed by atoms with Crippen molar-refractivity contribution in [2.75, 3.05) is 0 Å². The quantitative estimate of drug-likeness (QED) is 0.721. The molecule has 0 heterocycles. The van der Waals surface area contributed by atoms with Gasteiger partial charge in [0.05, 0.1) is 5.41 Å². The fourth-order valence-electron chi connectivity index (χ4n) is 2.54. The van der Waals surface area contributed by atoms with Crippen molar-refractivity contribution in [2.24, 2.45) is 11.3 Å². The molecular weight excluding hydrogens is 188 g/mol. The van der Waals surface area contributed by atoms with Crippen LogP contribution >= 0.6 is 0 Å². The predicted molar refractivity (Wildman–Crippen MR) is 60.4 cm³/mol. The zero-order chi connectivity index (χ0) is 11.3. The number of carbonyl (C=O) groups is 1. The molecule has 0 spiro atoms. The van der Waals surface area contributed by atoms with Gasteiger partial charge in [0.2, 0.25) is 0 Å². The van der Waals surface area contributed by atoms with E-state index in [1.54, 1.807) is 6.92 Å². The highest BCUT2D eigenvalue weighted by Gasteiger charge is 2.44. The molecular formula is C13H20O2. The Labute approximate surface area is 92.1 Å². The van der Waals surface area contributed by atoms with Gasteiger partial charge in [-0.15, -0.1) is 11.8 Å². The Kier molecular flexibility index (Phi) is 4.20. The minimum absolute atomic E-state index is 0.468. The van der Waals surface area contributed by atoms with Crippen LogP contribution in [0.5, 0.6) is 0 Å². The van der Waals surface area contributed by atoms with Crippen LogP contribution in [0.3, 0.4) is 0 Å². The van der Waals surface area contributed by atoms with Gasteiger partial charge in [0.1, 0.15) is 0 Å². The molecule has 0 aromatic heterocycles. The molecule has 0 radical (unpaired) electrons. The minimum atomic E-state index is -0.614. The average Bonchev–Trinajstić information content (AvgIpc) is 2.63. The topological polar surface area (TPSA) is 37.3 Å². The van der Waals surface area contributed by atoms with Gasteiger partial charge in [0.15, 0.2) is 0 Å². The average molecular weight is 208 g/mol. The monoisotopic (exact) mass is 208 g/mol. The summed E-state index contributed by atoms with van der Waals surface area (Å²) >= 11 is 0. The molecule has 0 amide bonds. The molecule has 84 valence electrons. The third-order valence-corrected chi connectivity index (χ3v) is 3.65. The van der Waals surface area contributed by atoms with E-state index in [2.05, 4.69) is 18.8 Å². The third kappa shape index (κ3) is 2.75. The van der Waals surface area contributed by atoms with E-state index in [4.69, 9.17) is 0 Å². The van der Waals surface area contributed by atoms with Crippen molar-refractivity contribution >= 4 is 5.97 Å². The van der Waals surface area contributed by atoms with E-state index in [1.807, 2.05) is 0 Å². The summed E-state index contributed by atoms with van der Waals surface area (Å²) in [6.07, 6.45) is 5.31. The van der Waals surface area contributed by atoms with Crippen molar-refractivity contribution in [3.05, 3.63) is 0 Å². The Morgan fingerprint density at radius 1 is 1.60 bits per heavy atom. The zero-order valence-electron chi connectivity index (χ0n) is 9.68. The second-order valence-electron chi connectivity index (χ2n) is 4.53. The number of carboxylic acids is 1. The lowest BCUT2D eigenvalue weighted by Crippen LogP contribution is -2.28. The summed E-state index contributed by atoms with van der Waals surface area (Å²) in [7, 11) is 0. The normalized spacial score (nSPS) is 29.6. The summed E-state index contributed by atoms with van der Waals surface area (Å²) in [5.74, 6) is 5.80. The summed E-state index contributed by atoms with van der Waals surface area (Å²) in [6.45, 7) is 3.95. The van der Waals surface area contributed by atoms with Crippen LogP contribution < -0.4 is 0 Å². The molecule has 1 saturated carbocycles. The van der Waals surface area contributed by atoms with Crippen LogP contribution in [0.1, 0.15) is 52.4 Å². The fraction of sp³-hybridized carbons (Fsp3) is 0.769. The van der Waals surface area contributed by atoms with Gasteiger partial charge in [0.25, 0.3) is 0 Å². The van der Waals surface area contributed by atoms with Gasteiger partial charge in [-0.3, -0.25) is 4.79 Å². The molecule has 0 aromatic rings. The van der Waals surface area contributed by atoms with Crippen molar-refractivity contribution in [1.82, 2.24) is 0 Å². The molecule has 1 aliphatic carbocycles. The van der Waals surface area contributed by atoms with E-state index >= 15 is 0 Å². The maximum atomic E-state index is 11.3. The SMILES string of the molecule is CC#CCCC1(C(=O)O)CCC(CC)C1. The summed E-state index contributed by atoms with van der Waals surface area (Å²) in [5.41, 5.74) is -0.468. The second-order valence-corrected chi connectivity index (χ2v) is 4.53. The maximum Gasteiger partial charge on any atom is 0.309 e. The molecule has 2 atom stereocenters. The number of aliphatic carboxylic acids is 1. The maximum absolute atomic E-state index is 11.3. The number of carboxylic acid groups (broad SMARTS) is 1. The predicted octanol–water partition coefficient (Wildman–Crippen LogP) is 3.07. The smallest absolute Gasteiger partial charge is 0.309 e. The van der Waals surface area contributed by atoms with Crippen molar-refractivity contribution in [3.63, 3.8) is 0 Å². The molecule has 2 nitrogen and oxygen atoms in total. The molecule has 0 bridgehead atoms. The number of rotatable bonds is 4. The molecule has 0 saturated heterocycles. The molecule has 0 aliphatic heterocycles. The molecule has 1 N–H and O–H groups in total. The molecule has 2 heteroatoms. The Hall–Kier alpha value is -0.970. The van der Waals surface area contributed by atoms with Crippen LogP contribution in [-0.2, 0) is 4.79 Å². The van der Waals surface area contributed by atoms with Gasteiger partial charge < -0.3 is 5.11 Å². The van der Waals surface area contributed by atoms with E-state index < -0.39 is 11.4 Å².